The number of aromatic nitrogens is 2. The summed E-state index contributed by atoms with van der Waals surface area (Å²) in [6.07, 6.45) is 5.41. The van der Waals surface area contributed by atoms with Gasteiger partial charge in [-0.2, -0.15) is 5.10 Å². The molecule has 1 aromatic heterocycles. The highest BCUT2D eigenvalue weighted by Gasteiger charge is 2.16. The van der Waals surface area contributed by atoms with Crippen LogP contribution in [0, 0.1) is 0 Å². The molecule has 0 amide bonds. The van der Waals surface area contributed by atoms with Gasteiger partial charge in [0.2, 0.25) is 0 Å². The molecule has 2 heterocycles. The second-order valence-corrected chi connectivity index (χ2v) is 4.19. The predicted octanol–water partition coefficient (Wildman–Crippen LogP) is 1.69. The molecular weight excluding hydrogens is 214 g/mol. The highest BCUT2D eigenvalue weighted by molar-refractivity contribution is 6.31. The first-order chi connectivity index (χ1) is 7.31. The van der Waals surface area contributed by atoms with Crippen molar-refractivity contribution in [2.45, 2.75) is 31.8 Å². The lowest BCUT2D eigenvalue weighted by molar-refractivity contribution is 0.350. The Morgan fingerprint density at radius 2 is 2.53 bits per heavy atom. The number of nitrogens with one attached hydrogen (secondary N) is 1. The minimum Gasteiger partial charge on any atom is -0.492 e. The maximum absolute atomic E-state index is 6.09. The average Bonchev–Trinajstić information content (AvgIpc) is 2.62. The standard InChI is InChI=1S/C10H16ClN3O/c1-15-9-6-13-14(10(9)11)7-8-4-2-3-5-12-8/h6,8,12H,2-5,7H2,1H3. The first-order valence-electron chi connectivity index (χ1n) is 5.30. The summed E-state index contributed by atoms with van der Waals surface area (Å²) in [7, 11) is 1.60. The molecule has 0 aliphatic carbocycles. The zero-order valence-corrected chi connectivity index (χ0v) is 9.63. The molecule has 0 bridgehead atoms. The van der Waals surface area contributed by atoms with Crippen LogP contribution in [-0.4, -0.2) is 29.5 Å². The maximum atomic E-state index is 6.09. The quantitative estimate of drug-likeness (QED) is 0.858. The van der Waals surface area contributed by atoms with Crippen LogP contribution in [0.25, 0.3) is 0 Å². The molecule has 84 valence electrons. The van der Waals surface area contributed by atoms with E-state index in [0.717, 1.165) is 13.1 Å². The van der Waals surface area contributed by atoms with E-state index in [1.807, 2.05) is 0 Å². The summed E-state index contributed by atoms with van der Waals surface area (Å²) < 4.78 is 6.87. The fourth-order valence-electron chi connectivity index (χ4n) is 1.91. The van der Waals surface area contributed by atoms with Gasteiger partial charge in [0.15, 0.2) is 10.9 Å². The number of ether oxygens (including phenoxy) is 1. The minimum atomic E-state index is 0.487. The van der Waals surface area contributed by atoms with Gasteiger partial charge in [0.1, 0.15) is 0 Å². The maximum Gasteiger partial charge on any atom is 0.175 e. The van der Waals surface area contributed by atoms with Crippen molar-refractivity contribution in [3.63, 3.8) is 0 Å². The van der Waals surface area contributed by atoms with E-state index in [-0.39, 0.29) is 0 Å². The highest BCUT2D eigenvalue weighted by atomic mass is 35.5. The van der Waals surface area contributed by atoms with Crippen LogP contribution in [0.5, 0.6) is 5.75 Å². The van der Waals surface area contributed by atoms with Gasteiger partial charge in [0.25, 0.3) is 0 Å². The van der Waals surface area contributed by atoms with E-state index in [9.17, 15) is 0 Å². The summed E-state index contributed by atoms with van der Waals surface area (Å²) in [5, 5.41) is 8.25. The van der Waals surface area contributed by atoms with Crippen LogP contribution >= 0.6 is 11.6 Å². The number of rotatable bonds is 3. The summed E-state index contributed by atoms with van der Waals surface area (Å²) in [5.41, 5.74) is 0. The molecule has 0 saturated carbocycles. The van der Waals surface area contributed by atoms with E-state index in [0.29, 0.717) is 16.9 Å². The Balaban J connectivity index is 2.00. The smallest absolute Gasteiger partial charge is 0.175 e. The van der Waals surface area contributed by atoms with E-state index in [2.05, 4.69) is 10.4 Å². The van der Waals surface area contributed by atoms with Gasteiger partial charge in [-0.1, -0.05) is 18.0 Å². The molecule has 5 heteroatoms. The molecular formula is C10H16ClN3O. The molecule has 0 aromatic carbocycles. The summed E-state index contributed by atoms with van der Waals surface area (Å²) >= 11 is 6.09. The van der Waals surface area contributed by atoms with Gasteiger partial charge < -0.3 is 10.1 Å². The molecule has 4 nitrogen and oxygen atoms in total. The van der Waals surface area contributed by atoms with Gasteiger partial charge in [-0.15, -0.1) is 0 Å². The van der Waals surface area contributed by atoms with Crippen molar-refractivity contribution >= 4 is 11.6 Å². The number of hydrogen-bond donors (Lipinski definition) is 1. The van der Waals surface area contributed by atoms with Crippen LogP contribution in [0.3, 0.4) is 0 Å². The van der Waals surface area contributed by atoms with Crippen LogP contribution in [0.4, 0.5) is 0 Å². The molecule has 1 N–H and O–H groups in total. The van der Waals surface area contributed by atoms with Crippen LogP contribution in [0.15, 0.2) is 6.20 Å². The van der Waals surface area contributed by atoms with Crippen LogP contribution in [0.1, 0.15) is 19.3 Å². The third kappa shape index (κ3) is 2.44. The zero-order chi connectivity index (χ0) is 10.7. The summed E-state index contributed by atoms with van der Waals surface area (Å²) in [5.74, 6) is 0.646. The second-order valence-electron chi connectivity index (χ2n) is 3.83. The topological polar surface area (TPSA) is 39.1 Å². The van der Waals surface area contributed by atoms with E-state index in [1.54, 1.807) is 18.0 Å². The van der Waals surface area contributed by atoms with Crippen molar-refractivity contribution in [1.29, 1.82) is 0 Å². The molecule has 1 aliphatic heterocycles. The Bertz CT molecular complexity index is 320. The van der Waals surface area contributed by atoms with Gasteiger partial charge in [-0.05, 0) is 19.4 Å². The monoisotopic (exact) mass is 229 g/mol. The zero-order valence-electron chi connectivity index (χ0n) is 8.87. The van der Waals surface area contributed by atoms with Crippen LogP contribution in [-0.2, 0) is 6.54 Å². The van der Waals surface area contributed by atoms with E-state index in [4.69, 9.17) is 16.3 Å². The molecule has 1 aromatic rings. The molecule has 1 aliphatic rings. The van der Waals surface area contributed by atoms with Crippen LogP contribution in [0.2, 0.25) is 5.15 Å². The van der Waals surface area contributed by atoms with Crippen molar-refractivity contribution in [3.05, 3.63) is 11.3 Å². The van der Waals surface area contributed by atoms with E-state index >= 15 is 0 Å². The third-order valence-electron chi connectivity index (χ3n) is 2.77. The van der Waals surface area contributed by atoms with Gasteiger partial charge in [-0.3, -0.25) is 0 Å². The van der Waals surface area contributed by atoms with Crippen molar-refractivity contribution < 1.29 is 4.74 Å². The largest absolute Gasteiger partial charge is 0.492 e. The highest BCUT2D eigenvalue weighted by Crippen LogP contribution is 2.23. The summed E-state index contributed by atoms with van der Waals surface area (Å²) in [6.45, 7) is 1.92. The fraction of sp³-hybridized carbons (Fsp3) is 0.700. The van der Waals surface area contributed by atoms with Gasteiger partial charge >= 0.3 is 0 Å². The van der Waals surface area contributed by atoms with Crippen molar-refractivity contribution in [3.8, 4) is 5.75 Å². The summed E-state index contributed by atoms with van der Waals surface area (Å²) in [4.78, 5) is 0. The van der Waals surface area contributed by atoms with E-state index < -0.39 is 0 Å². The molecule has 1 atom stereocenters. The van der Waals surface area contributed by atoms with Gasteiger partial charge in [0, 0.05) is 6.04 Å². The second kappa shape index (κ2) is 4.86. The predicted molar refractivity (Wildman–Crippen MR) is 59.4 cm³/mol. The number of piperidine rings is 1. The number of nitrogens with zero attached hydrogens (tertiary/aromatic N) is 2. The van der Waals surface area contributed by atoms with E-state index in [1.165, 1.54) is 19.3 Å². The number of methoxy groups -OCH3 is 1. The molecule has 0 spiro atoms. The Morgan fingerprint density at radius 3 is 3.13 bits per heavy atom. The van der Waals surface area contributed by atoms with Gasteiger partial charge in [0.05, 0.1) is 19.9 Å². The molecule has 2 rings (SSSR count). The Hall–Kier alpha value is -0.740. The van der Waals surface area contributed by atoms with Gasteiger partial charge in [-0.25, -0.2) is 4.68 Å². The molecule has 1 fully saturated rings. The normalized spacial score (nSPS) is 21.6. The Morgan fingerprint density at radius 1 is 1.67 bits per heavy atom. The third-order valence-corrected chi connectivity index (χ3v) is 3.15. The number of hydrogen-bond acceptors (Lipinski definition) is 3. The summed E-state index contributed by atoms with van der Waals surface area (Å²) in [6, 6.07) is 0.487. The lowest BCUT2D eigenvalue weighted by atomic mass is 10.1. The molecule has 1 saturated heterocycles. The molecule has 1 unspecified atom stereocenters. The van der Waals surface area contributed by atoms with Crippen LogP contribution < -0.4 is 10.1 Å². The Kier molecular flexibility index (Phi) is 3.49. The fourth-order valence-corrected chi connectivity index (χ4v) is 2.14. The van der Waals surface area contributed by atoms with Crippen molar-refractivity contribution in [2.24, 2.45) is 0 Å². The average molecular weight is 230 g/mol. The van der Waals surface area contributed by atoms with Crippen molar-refractivity contribution in [1.82, 2.24) is 15.1 Å². The lowest BCUT2D eigenvalue weighted by Gasteiger charge is -2.23. The van der Waals surface area contributed by atoms with Crippen molar-refractivity contribution in [2.75, 3.05) is 13.7 Å². The molecule has 0 radical (unpaired) electrons. The minimum absolute atomic E-state index is 0.487. The Labute approximate surface area is 94.6 Å². The first-order valence-corrected chi connectivity index (χ1v) is 5.67. The first kappa shape index (κ1) is 10.8. The number of halogens is 1. The molecule has 15 heavy (non-hydrogen) atoms. The lowest BCUT2D eigenvalue weighted by Crippen LogP contribution is -2.37. The SMILES string of the molecule is COc1cnn(CC2CCCCN2)c1Cl.